The standard InChI is InChI=1S/C15H30N2O/c1-10(2)14(11(3)4)9-17-15(18)13-7-6-12(5)16-8-13/h10-14,16H,6-9H2,1-5H3,(H,17,18). The Morgan fingerprint density at radius 2 is 1.83 bits per heavy atom. The van der Waals surface area contributed by atoms with E-state index in [1.165, 1.54) is 0 Å². The lowest BCUT2D eigenvalue weighted by molar-refractivity contribution is -0.126. The van der Waals surface area contributed by atoms with Gasteiger partial charge in [0.25, 0.3) is 0 Å². The van der Waals surface area contributed by atoms with E-state index in [4.69, 9.17) is 0 Å². The van der Waals surface area contributed by atoms with Crippen LogP contribution < -0.4 is 10.6 Å². The van der Waals surface area contributed by atoms with Crippen LogP contribution in [0.3, 0.4) is 0 Å². The molecule has 3 heteroatoms. The highest BCUT2D eigenvalue weighted by Gasteiger charge is 2.25. The van der Waals surface area contributed by atoms with Gasteiger partial charge in [-0.05, 0) is 37.5 Å². The Morgan fingerprint density at radius 3 is 2.28 bits per heavy atom. The average Bonchev–Trinajstić information content (AvgIpc) is 2.28. The minimum atomic E-state index is 0.168. The second-order valence-corrected chi connectivity index (χ2v) is 6.48. The third-order valence-corrected chi connectivity index (χ3v) is 4.26. The highest BCUT2D eigenvalue weighted by atomic mass is 16.1. The molecule has 0 saturated carbocycles. The minimum Gasteiger partial charge on any atom is -0.356 e. The molecule has 18 heavy (non-hydrogen) atoms. The first-order valence-electron chi connectivity index (χ1n) is 7.42. The quantitative estimate of drug-likeness (QED) is 0.791. The third kappa shape index (κ3) is 4.60. The van der Waals surface area contributed by atoms with E-state index in [2.05, 4.69) is 45.3 Å². The molecule has 1 amide bonds. The topological polar surface area (TPSA) is 41.1 Å². The molecule has 0 aliphatic carbocycles. The van der Waals surface area contributed by atoms with Crippen molar-refractivity contribution in [2.45, 2.75) is 53.5 Å². The van der Waals surface area contributed by atoms with Gasteiger partial charge in [-0.2, -0.15) is 0 Å². The second-order valence-electron chi connectivity index (χ2n) is 6.48. The monoisotopic (exact) mass is 254 g/mol. The summed E-state index contributed by atoms with van der Waals surface area (Å²) in [5.74, 6) is 2.22. The van der Waals surface area contributed by atoms with Crippen molar-refractivity contribution in [3.63, 3.8) is 0 Å². The van der Waals surface area contributed by atoms with Crippen molar-refractivity contribution in [3.05, 3.63) is 0 Å². The van der Waals surface area contributed by atoms with Gasteiger partial charge in [0.15, 0.2) is 0 Å². The van der Waals surface area contributed by atoms with Gasteiger partial charge in [0.05, 0.1) is 5.92 Å². The maximum atomic E-state index is 12.1. The van der Waals surface area contributed by atoms with Gasteiger partial charge in [-0.1, -0.05) is 27.7 Å². The fourth-order valence-corrected chi connectivity index (χ4v) is 2.83. The molecule has 0 aromatic heterocycles. The molecule has 3 nitrogen and oxygen atoms in total. The van der Waals surface area contributed by atoms with Gasteiger partial charge >= 0.3 is 0 Å². The minimum absolute atomic E-state index is 0.168. The first kappa shape index (κ1) is 15.5. The number of rotatable bonds is 5. The van der Waals surface area contributed by atoms with E-state index in [1.807, 2.05) is 0 Å². The van der Waals surface area contributed by atoms with Crippen LogP contribution in [0.5, 0.6) is 0 Å². The molecule has 0 aromatic carbocycles. The fourth-order valence-electron chi connectivity index (χ4n) is 2.83. The van der Waals surface area contributed by atoms with Crippen LogP contribution in [0.25, 0.3) is 0 Å². The Kier molecular flexibility index (Phi) is 6.13. The van der Waals surface area contributed by atoms with Gasteiger partial charge in [0.1, 0.15) is 0 Å². The molecule has 2 N–H and O–H groups in total. The summed E-state index contributed by atoms with van der Waals surface area (Å²) in [6.07, 6.45) is 2.13. The Morgan fingerprint density at radius 1 is 1.22 bits per heavy atom. The van der Waals surface area contributed by atoms with Gasteiger partial charge in [-0.15, -0.1) is 0 Å². The summed E-state index contributed by atoms with van der Waals surface area (Å²) in [6, 6.07) is 0.563. The summed E-state index contributed by atoms with van der Waals surface area (Å²) in [5.41, 5.74) is 0. The molecule has 0 radical (unpaired) electrons. The van der Waals surface area contributed by atoms with E-state index in [-0.39, 0.29) is 11.8 Å². The lowest BCUT2D eigenvalue weighted by Gasteiger charge is -2.29. The molecule has 2 unspecified atom stereocenters. The zero-order chi connectivity index (χ0) is 13.7. The fraction of sp³-hybridized carbons (Fsp3) is 0.933. The molecule has 0 bridgehead atoms. The van der Waals surface area contributed by atoms with Crippen molar-refractivity contribution in [1.29, 1.82) is 0 Å². The lowest BCUT2D eigenvalue weighted by atomic mass is 9.85. The first-order valence-corrected chi connectivity index (χ1v) is 7.42. The maximum absolute atomic E-state index is 12.1. The Balaban J connectivity index is 2.36. The largest absolute Gasteiger partial charge is 0.356 e. The number of carbonyl (C=O) groups is 1. The molecule has 106 valence electrons. The van der Waals surface area contributed by atoms with E-state index in [0.29, 0.717) is 23.8 Å². The molecular weight excluding hydrogens is 224 g/mol. The number of amides is 1. The SMILES string of the molecule is CC1CCC(C(=O)NCC(C(C)C)C(C)C)CN1. The Hall–Kier alpha value is -0.570. The summed E-state index contributed by atoms with van der Waals surface area (Å²) in [4.78, 5) is 12.1. The van der Waals surface area contributed by atoms with E-state index in [0.717, 1.165) is 25.9 Å². The van der Waals surface area contributed by atoms with E-state index in [9.17, 15) is 4.79 Å². The van der Waals surface area contributed by atoms with E-state index < -0.39 is 0 Å². The lowest BCUT2D eigenvalue weighted by Crippen LogP contribution is -2.45. The van der Waals surface area contributed by atoms with E-state index in [1.54, 1.807) is 0 Å². The van der Waals surface area contributed by atoms with Crippen LogP contribution in [0.1, 0.15) is 47.5 Å². The van der Waals surface area contributed by atoms with Crippen molar-refractivity contribution in [1.82, 2.24) is 10.6 Å². The van der Waals surface area contributed by atoms with Crippen LogP contribution >= 0.6 is 0 Å². The van der Waals surface area contributed by atoms with Gasteiger partial charge in [0.2, 0.25) is 5.91 Å². The Bertz CT molecular complexity index is 247. The Labute approximate surface area is 112 Å². The van der Waals surface area contributed by atoms with Crippen LogP contribution in [0.2, 0.25) is 0 Å². The normalized spacial score (nSPS) is 24.9. The number of hydrogen-bond acceptors (Lipinski definition) is 2. The van der Waals surface area contributed by atoms with Gasteiger partial charge < -0.3 is 10.6 Å². The predicted octanol–water partition coefficient (Wildman–Crippen LogP) is 2.42. The number of carbonyl (C=O) groups excluding carboxylic acids is 1. The van der Waals surface area contributed by atoms with Gasteiger partial charge in [-0.25, -0.2) is 0 Å². The number of hydrogen-bond donors (Lipinski definition) is 2. The highest BCUT2D eigenvalue weighted by molar-refractivity contribution is 5.79. The summed E-state index contributed by atoms with van der Waals surface area (Å²) >= 11 is 0. The van der Waals surface area contributed by atoms with Crippen LogP contribution in [-0.2, 0) is 4.79 Å². The zero-order valence-electron chi connectivity index (χ0n) is 12.6. The average molecular weight is 254 g/mol. The first-order chi connectivity index (χ1) is 8.41. The number of nitrogens with one attached hydrogen (secondary N) is 2. The van der Waals surface area contributed by atoms with E-state index >= 15 is 0 Å². The van der Waals surface area contributed by atoms with Crippen molar-refractivity contribution in [2.75, 3.05) is 13.1 Å². The summed E-state index contributed by atoms with van der Waals surface area (Å²) in [6.45, 7) is 12.8. The third-order valence-electron chi connectivity index (χ3n) is 4.26. The van der Waals surface area contributed by atoms with Crippen LogP contribution in [-0.4, -0.2) is 25.0 Å². The van der Waals surface area contributed by atoms with Crippen molar-refractivity contribution in [2.24, 2.45) is 23.7 Å². The van der Waals surface area contributed by atoms with Crippen LogP contribution in [0, 0.1) is 23.7 Å². The molecule has 1 saturated heterocycles. The molecule has 1 fully saturated rings. The second kappa shape index (κ2) is 7.13. The molecule has 0 aromatic rings. The number of piperidine rings is 1. The molecule has 1 heterocycles. The van der Waals surface area contributed by atoms with Crippen molar-refractivity contribution in [3.8, 4) is 0 Å². The molecular formula is C15H30N2O. The summed E-state index contributed by atoms with van der Waals surface area (Å²) < 4.78 is 0. The van der Waals surface area contributed by atoms with Crippen molar-refractivity contribution < 1.29 is 4.79 Å². The molecule has 1 rings (SSSR count). The summed E-state index contributed by atoms with van der Waals surface area (Å²) in [7, 11) is 0. The van der Waals surface area contributed by atoms with Crippen LogP contribution in [0.15, 0.2) is 0 Å². The highest BCUT2D eigenvalue weighted by Crippen LogP contribution is 2.20. The molecule has 1 aliphatic heterocycles. The summed E-state index contributed by atoms with van der Waals surface area (Å²) in [5, 5.41) is 6.54. The van der Waals surface area contributed by atoms with Gasteiger partial charge in [-0.3, -0.25) is 4.79 Å². The van der Waals surface area contributed by atoms with Gasteiger partial charge in [0, 0.05) is 19.1 Å². The predicted molar refractivity (Wildman–Crippen MR) is 76.4 cm³/mol. The molecule has 2 atom stereocenters. The maximum Gasteiger partial charge on any atom is 0.224 e. The van der Waals surface area contributed by atoms with Crippen molar-refractivity contribution >= 4 is 5.91 Å². The van der Waals surface area contributed by atoms with Crippen LogP contribution in [0.4, 0.5) is 0 Å². The zero-order valence-corrected chi connectivity index (χ0v) is 12.6. The molecule has 1 aliphatic rings. The smallest absolute Gasteiger partial charge is 0.224 e. The molecule has 0 spiro atoms.